The maximum atomic E-state index is 12.5. The fourth-order valence-electron chi connectivity index (χ4n) is 3.54. The molecular weight excluding hydrogens is 328 g/mol. The molecule has 26 heavy (non-hydrogen) atoms. The largest absolute Gasteiger partial charge is 0.374 e. The van der Waals surface area contributed by atoms with Crippen molar-refractivity contribution < 1.29 is 4.79 Å². The van der Waals surface area contributed by atoms with Gasteiger partial charge in [-0.2, -0.15) is 5.10 Å². The zero-order valence-corrected chi connectivity index (χ0v) is 14.5. The summed E-state index contributed by atoms with van der Waals surface area (Å²) in [6.07, 6.45) is 0.954. The number of amides is 1. The first-order chi connectivity index (χ1) is 12.6. The van der Waals surface area contributed by atoms with Gasteiger partial charge in [-0.25, -0.2) is 0 Å². The molecule has 1 aliphatic rings. The molecular formula is C20H20N4O2. The summed E-state index contributed by atoms with van der Waals surface area (Å²) in [5.41, 5.74) is 2.60. The molecule has 0 saturated carbocycles. The van der Waals surface area contributed by atoms with E-state index in [1.807, 2.05) is 18.2 Å². The molecule has 0 saturated heterocycles. The standard InChI is InChI=1S/C20H20N4O2/c1-24-11-10-13(14-6-3-5-9-17(14)24)12-21-20(26)18-19(25)15-7-2-4-8-16(15)22-23-18/h2-9,13H,10-12H2,1H3,(H,21,26)(H,22,25). The second-order valence-corrected chi connectivity index (χ2v) is 6.62. The van der Waals surface area contributed by atoms with E-state index in [9.17, 15) is 9.59 Å². The van der Waals surface area contributed by atoms with Crippen LogP contribution in [0.5, 0.6) is 0 Å². The Balaban J connectivity index is 1.54. The van der Waals surface area contributed by atoms with E-state index in [0.717, 1.165) is 13.0 Å². The summed E-state index contributed by atoms with van der Waals surface area (Å²) >= 11 is 0. The number of nitrogens with zero attached hydrogens (tertiary/aromatic N) is 2. The van der Waals surface area contributed by atoms with Crippen LogP contribution in [0.4, 0.5) is 5.69 Å². The van der Waals surface area contributed by atoms with Crippen molar-refractivity contribution in [1.82, 2.24) is 15.5 Å². The zero-order valence-electron chi connectivity index (χ0n) is 14.5. The molecule has 0 spiro atoms. The van der Waals surface area contributed by atoms with Gasteiger partial charge in [0.1, 0.15) is 0 Å². The topological polar surface area (TPSA) is 78.1 Å². The Morgan fingerprint density at radius 3 is 2.88 bits per heavy atom. The smallest absolute Gasteiger partial charge is 0.275 e. The number of aromatic nitrogens is 2. The van der Waals surface area contributed by atoms with Gasteiger partial charge in [0.2, 0.25) is 5.43 Å². The van der Waals surface area contributed by atoms with Gasteiger partial charge in [-0.05, 0) is 30.2 Å². The van der Waals surface area contributed by atoms with Crippen molar-refractivity contribution in [3.05, 3.63) is 70.0 Å². The van der Waals surface area contributed by atoms with E-state index in [-0.39, 0.29) is 17.0 Å². The molecule has 0 radical (unpaired) electrons. The number of hydrogen-bond acceptors (Lipinski definition) is 4. The predicted molar refractivity (Wildman–Crippen MR) is 102 cm³/mol. The predicted octanol–water partition coefficient (Wildman–Crippen LogP) is 2.28. The van der Waals surface area contributed by atoms with Crippen LogP contribution in [0.2, 0.25) is 0 Å². The number of H-pyrrole nitrogens is 1. The molecule has 1 atom stereocenters. The molecule has 0 bridgehead atoms. The molecule has 3 aromatic rings. The summed E-state index contributed by atoms with van der Waals surface area (Å²) < 4.78 is 0. The molecule has 2 heterocycles. The van der Waals surface area contributed by atoms with Gasteiger partial charge in [-0.1, -0.05) is 30.3 Å². The highest BCUT2D eigenvalue weighted by Crippen LogP contribution is 2.33. The first-order valence-electron chi connectivity index (χ1n) is 8.71. The molecule has 0 fully saturated rings. The highest BCUT2D eigenvalue weighted by atomic mass is 16.2. The Bertz CT molecular complexity index is 1030. The third-order valence-electron chi connectivity index (χ3n) is 5.00. The van der Waals surface area contributed by atoms with Crippen LogP contribution < -0.4 is 15.6 Å². The fourth-order valence-corrected chi connectivity index (χ4v) is 3.54. The SMILES string of the molecule is CN1CCC(CNC(=O)c2n[nH]c3ccccc3c2=O)c2ccccc21. The number of benzene rings is 2. The van der Waals surface area contributed by atoms with E-state index < -0.39 is 5.91 Å². The third-order valence-corrected chi connectivity index (χ3v) is 5.00. The molecule has 2 N–H and O–H groups in total. The average Bonchev–Trinajstić information content (AvgIpc) is 2.68. The van der Waals surface area contributed by atoms with Crippen molar-refractivity contribution in [2.75, 3.05) is 25.0 Å². The van der Waals surface area contributed by atoms with Gasteiger partial charge in [0.25, 0.3) is 5.91 Å². The number of nitrogens with one attached hydrogen (secondary N) is 2. The summed E-state index contributed by atoms with van der Waals surface area (Å²) in [5.74, 6) is -0.209. The first kappa shape index (κ1) is 16.3. The maximum absolute atomic E-state index is 12.5. The third kappa shape index (κ3) is 2.83. The molecule has 1 aliphatic heterocycles. The molecule has 1 aromatic heterocycles. The Hall–Kier alpha value is -3.15. The minimum absolute atomic E-state index is 0.0927. The molecule has 6 heteroatoms. The number of hydrogen-bond donors (Lipinski definition) is 2. The molecule has 132 valence electrons. The number of para-hydroxylation sites is 2. The second kappa shape index (κ2) is 6.63. The van der Waals surface area contributed by atoms with E-state index in [1.54, 1.807) is 18.2 Å². The lowest BCUT2D eigenvalue weighted by Gasteiger charge is -2.33. The van der Waals surface area contributed by atoms with Crippen LogP contribution in [-0.2, 0) is 0 Å². The number of rotatable bonds is 3. The summed E-state index contributed by atoms with van der Waals surface area (Å²) in [7, 11) is 2.08. The van der Waals surface area contributed by atoms with Crippen molar-refractivity contribution in [2.24, 2.45) is 0 Å². The van der Waals surface area contributed by atoms with Crippen LogP contribution in [0.15, 0.2) is 53.3 Å². The van der Waals surface area contributed by atoms with Crippen LogP contribution in [0.3, 0.4) is 0 Å². The summed E-state index contributed by atoms with van der Waals surface area (Å²) in [6, 6.07) is 15.3. The average molecular weight is 348 g/mol. The Morgan fingerprint density at radius 1 is 1.23 bits per heavy atom. The van der Waals surface area contributed by atoms with Gasteiger partial charge < -0.3 is 10.2 Å². The number of fused-ring (bicyclic) bond motifs is 2. The summed E-state index contributed by atoms with van der Waals surface area (Å²) in [4.78, 5) is 27.3. The number of anilines is 1. The van der Waals surface area contributed by atoms with Crippen molar-refractivity contribution in [2.45, 2.75) is 12.3 Å². The normalized spacial score (nSPS) is 16.3. The van der Waals surface area contributed by atoms with Gasteiger partial charge in [-0.15, -0.1) is 0 Å². The van der Waals surface area contributed by atoms with E-state index in [4.69, 9.17) is 0 Å². The minimum Gasteiger partial charge on any atom is -0.374 e. The maximum Gasteiger partial charge on any atom is 0.275 e. The molecule has 1 amide bonds. The van der Waals surface area contributed by atoms with E-state index >= 15 is 0 Å². The van der Waals surface area contributed by atoms with Crippen molar-refractivity contribution in [3.63, 3.8) is 0 Å². The Morgan fingerprint density at radius 2 is 2.00 bits per heavy atom. The van der Waals surface area contributed by atoms with Gasteiger partial charge in [0, 0.05) is 37.1 Å². The highest BCUT2D eigenvalue weighted by Gasteiger charge is 2.24. The molecule has 1 unspecified atom stereocenters. The lowest BCUT2D eigenvalue weighted by atomic mass is 9.90. The van der Waals surface area contributed by atoms with Gasteiger partial charge in [0.05, 0.1) is 5.52 Å². The van der Waals surface area contributed by atoms with Crippen molar-refractivity contribution in [3.8, 4) is 0 Å². The van der Waals surface area contributed by atoms with Crippen LogP contribution in [0, 0.1) is 0 Å². The number of aromatic amines is 1. The monoisotopic (exact) mass is 348 g/mol. The Kier molecular flexibility index (Phi) is 4.16. The number of carbonyl (C=O) groups excluding carboxylic acids is 1. The Labute approximate surface area is 150 Å². The first-order valence-corrected chi connectivity index (χ1v) is 8.71. The van der Waals surface area contributed by atoms with Crippen LogP contribution in [0.25, 0.3) is 10.9 Å². The molecule has 2 aromatic carbocycles. The summed E-state index contributed by atoms with van der Waals surface area (Å²) in [6.45, 7) is 1.42. The second-order valence-electron chi connectivity index (χ2n) is 6.62. The molecule has 6 nitrogen and oxygen atoms in total. The lowest BCUT2D eigenvalue weighted by Crippen LogP contribution is -2.36. The van der Waals surface area contributed by atoms with Gasteiger partial charge in [0.15, 0.2) is 5.69 Å². The van der Waals surface area contributed by atoms with Crippen molar-refractivity contribution >= 4 is 22.5 Å². The lowest BCUT2D eigenvalue weighted by molar-refractivity contribution is 0.0943. The van der Waals surface area contributed by atoms with Crippen LogP contribution in [0.1, 0.15) is 28.4 Å². The summed E-state index contributed by atoms with van der Waals surface area (Å²) in [5, 5.41) is 10.1. The molecule has 0 aliphatic carbocycles. The van der Waals surface area contributed by atoms with Gasteiger partial charge >= 0.3 is 0 Å². The zero-order chi connectivity index (χ0) is 18.1. The minimum atomic E-state index is -0.437. The van der Waals surface area contributed by atoms with Crippen LogP contribution >= 0.6 is 0 Å². The molecule has 4 rings (SSSR count). The van der Waals surface area contributed by atoms with Crippen molar-refractivity contribution in [1.29, 1.82) is 0 Å². The van der Waals surface area contributed by atoms with E-state index in [0.29, 0.717) is 17.4 Å². The number of carbonyl (C=O) groups is 1. The quantitative estimate of drug-likeness (QED) is 0.761. The van der Waals surface area contributed by atoms with E-state index in [2.05, 4.69) is 39.6 Å². The van der Waals surface area contributed by atoms with Gasteiger partial charge in [-0.3, -0.25) is 14.7 Å². The van der Waals surface area contributed by atoms with Crippen LogP contribution in [-0.4, -0.2) is 36.2 Å². The fraction of sp³-hybridized carbons (Fsp3) is 0.250. The highest BCUT2D eigenvalue weighted by molar-refractivity contribution is 5.95. The van der Waals surface area contributed by atoms with E-state index in [1.165, 1.54) is 11.3 Å².